The molecule has 1 saturated heterocycles. The molecule has 9 heavy (non-hydrogen) atoms. The van der Waals surface area contributed by atoms with Crippen molar-refractivity contribution >= 4 is 27.5 Å². The Kier molecular flexibility index (Phi) is 2.50. The topological polar surface area (TPSA) is 87.9 Å². The Morgan fingerprint density at radius 2 is 2.00 bits per heavy atom. The zero-order valence-corrected chi connectivity index (χ0v) is 5.96. The van der Waals surface area contributed by atoms with Crippen LogP contribution < -0.4 is 5.90 Å². The zero-order valence-electron chi connectivity index (χ0n) is 4.07. The van der Waals surface area contributed by atoms with Crippen molar-refractivity contribution in [1.82, 2.24) is 0 Å². The van der Waals surface area contributed by atoms with Crippen molar-refractivity contribution in [3.8, 4) is 0 Å². The van der Waals surface area contributed by atoms with Crippen molar-refractivity contribution in [2.45, 2.75) is 0 Å². The van der Waals surface area contributed by atoms with Crippen LogP contribution in [0.5, 0.6) is 0 Å². The SMILES string of the molecule is NOP1(=O)OC(=O)O1.S. The lowest BCUT2D eigenvalue weighted by Gasteiger charge is -2.19. The summed E-state index contributed by atoms with van der Waals surface area (Å²) >= 11 is 0. The average molecular weight is 173 g/mol. The maximum absolute atomic E-state index is 10.2. The van der Waals surface area contributed by atoms with Gasteiger partial charge in [-0.15, -0.1) is 0 Å². The Balaban J connectivity index is 0.000000640. The molecule has 0 spiro atoms. The molecule has 1 aliphatic heterocycles. The van der Waals surface area contributed by atoms with Crippen molar-refractivity contribution in [1.29, 1.82) is 0 Å². The van der Waals surface area contributed by atoms with E-state index in [1.165, 1.54) is 0 Å². The predicted octanol–water partition coefficient (Wildman–Crippen LogP) is 0.264. The highest BCUT2D eigenvalue weighted by Crippen LogP contribution is 2.56. The Morgan fingerprint density at radius 1 is 1.56 bits per heavy atom. The Hall–Kier alpha value is -0.230. The number of hydrogen-bond donors (Lipinski definition) is 1. The fourth-order valence-electron chi connectivity index (χ4n) is 0.232. The summed E-state index contributed by atoms with van der Waals surface area (Å²) in [5.74, 6) is 4.36. The van der Waals surface area contributed by atoms with Crippen LogP contribution in [0.2, 0.25) is 0 Å². The van der Waals surface area contributed by atoms with E-state index in [0.717, 1.165) is 0 Å². The molecular formula is CH4NO5PS. The van der Waals surface area contributed by atoms with Crippen molar-refractivity contribution < 1.29 is 23.0 Å². The molecular weight excluding hydrogens is 169 g/mol. The third-order valence-electron chi connectivity index (χ3n) is 0.502. The maximum Gasteiger partial charge on any atom is 0.613 e. The standard InChI is InChI=1S/CH2NO5P.H2S/c2-7-8(4)5-1(3)6-8;/h2H2;1H2. The molecule has 1 fully saturated rings. The minimum absolute atomic E-state index is 0. The maximum atomic E-state index is 10.2. The molecule has 8 heteroatoms. The molecule has 0 atom stereocenters. The highest BCUT2D eigenvalue weighted by molar-refractivity contribution is 7.59. The van der Waals surface area contributed by atoms with Crippen LogP contribution in [0.15, 0.2) is 0 Å². The summed E-state index contributed by atoms with van der Waals surface area (Å²) in [6.45, 7) is 0. The number of hydrogen-bond acceptors (Lipinski definition) is 6. The average Bonchev–Trinajstić information content (AvgIpc) is 1.63. The monoisotopic (exact) mass is 173 g/mol. The van der Waals surface area contributed by atoms with Crippen LogP contribution in [0.3, 0.4) is 0 Å². The van der Waals surface area contributed by atoms with Crippen LogP contribution in [0.4, 0.5) is 4.79 Å². The van der Waals surface area contributed by atoms with Gasteiger partial charge in [0, 0.05) is 0 Å². The predicted molar refractivity (Wildman–Crippen MR) is 30.8 cm³/mol. The second-order valence-corrected chi connectivity index (χ2v) is 2.46. The second-order valence-electron chi connectivity index (χ2n) is 0.985. The van der Waals surface area contributed by atoms with Crippen molar-refractivity contribution in [3.63, 3.8) is 0 Å². The first-order valence-electron chi connectivity index (χ1n) is 1.58. The van der Waals surface area contributed by atoms with E-state index < -0.39 is 14.0 Å². The molecule has 0 aromatic rings. The van der Waals surface area contributed by atoms with E-state index in [1.54, 1.807) is 0 Å². The third-order valence-corrected chi connectivity index (χ3v) is 1.51. The number of rotatable bonds is 1. The van der Waals surface area contributed by atoms with Gasteiger partial charge in [0.25, 0.3) is 0 Å². The van der Waals surface area contributed by atoms with E-state index in [4.69, 9.17) is 0 Å². The molecule has 6 nitrogen and oxygen atoms in total. The van der Waals surface area contributed by atoms with Crippen molar-refractivity contribution in [2.24, 2.45) is 5.90 Å². The van der Waals surface area contributed by atoms with Gasteiger partial charge in [0.15, 0.2) is 0 Å². The van der Waals surface area contributed by atoms with Crippen LogP contribution in [-0.2, 0) is 18.2 Å². The number of carbonyl (C=O) groups excluding carboxylic acids is 1. The zero-order chi connectivity index (χ0) is 6.20. The minimum atomic E-state index is -3.60. The van der Waals surface area contributed by atoms with Gasteiger partial charge >= 0.3 is 14.0 Å². The summed E-state index contributed by atoms with van der Waals surface area (Å²) in [7, 11) is -3.60. The lowest BCUT2D eigenvalue weighted by atomic mass is 11.5. The summed E-state index contributed by atoms with van der Waals surface area (Å²) in [4.78, 5) is 9.72. The van der Waals surface area contributed by atoms with Crippen LogP contribution in [0.25, 0.3) is 0 Å². The first kappa shape index (κ1) is 8.77. The van der Waals surface area contributed by atoms with E-state index in [0.29, 0.717) is 0 Å². The second kappa shape index (κ2) is 2.57. The molecule has 1 heterocycles. The van der Waals surface area contributed by atoms with E-state index in [1.807, 2.05) is 0 Å². The van der Waals surface area contributed by atoms with E-state index in [2.05, 4.69) is 19.6 Å². The van der Waals surface area contributed by atoms with Gasteiger partial charge in [-0.1, -0.05) is 0 Å². The van der Waals surface area contributed by atoms with Crippen LogP contribution in [0.1, 0.15) is 0 Å². The van der Waals surface area contributed by atoms with Gasteiger partial charge in [-0.25, -0.2) is 15.3 Å². The van der Waals surface area contributed by atoms with E-state index in [-0.39, 0.29) is 13.5 Å². The summed E-state index contributed by atoms with van der Waals surface area (Å²) in [6.07, 6.45) is -1.03. The number of phosphoric ester groups is 1. The van der Waals surface area contributed by atoms with E-state index >= 15 is 0 Å². The van der Waals surface area contributed by atoms with Crippen molar-refractivity contribution in [3.05, 3.63) is 0 Å². The number of nitrogens with two attached hydrogens (primary N) is 1. The molecule has 0 unspecified atom stereocenters. The Labute approximate surface area is 57.3 Å². The molecule has 0 radical (unpaired) electrons. The molecule has 0 aromatic heterocycles. The minimum Gasteiger partial charge on any atom is -0.327 e. The Morgan fingerprint density at radius 3 is 2.11 bits per heavy atom. The van der Waals surface area contributed by atoms with Crippen LogP contribution in [-0.4, -0.2) is 6.16 Å². The van der Waals surface area contributed by atoms with Gasteiger partial charge < -0.3 is 9.05 Å². The van der Waals surface area contributed by atoms with Gasteiger partial charge in [-0.05, 0) is 0 Å². The van der Waals surface area contributed by atoms with Crippen LogP contribution >= 0.6 is 21.3 Å². The molecule has 0 aliphatic carbocycles. The third kappa shape index (κ3) is 1.59. The highest BCUT2D eigenvalue weighted by Gasteiger charge is 2.46. The fourth-order valence-corrected chi connectivity index (χ4v) is 0.697. The van der Waals surface area contributed by atoms with Gasteiger partial charge in [0.2, 0.25) is 0 Å². The Bertz CT molecular complexity index is 156. The lowest BCUT2D eigenvalue weighted by molar-refractivity contribution is 0.0535. The molecule has 1 aliphatic rings. The smallest absolute Gasteiger partial charge is 0.327 e. The number of carbonyl (C=O) groups is 1. The van der Waals surface area contributed by atoms with Crippen molar-refractivity contribution in [2.75, 3.05) is 0 Å². The first-order valence-corrected chi connectivity index (χ1v) is 3.04. The fraction of sp³-hybridized carbons (Fsp3) is 0. The first-order chi connectivity index (χ1) is 3.66. The van der Waals surface area contributed by atoms with Gasteiger partial charge in [0.05, 0.1) is 0 Å². The van der Waals surface area contributed by atoms with Crippen LogP contribution in [0, 0.1) is 0 Å². The molecule has 1 rings (SSSR count). The molecule has 54 valence electrons. The summed E-state index contributed by atoms with van der Waals surface area (Å²) in [5, 5.41) is 0. The van der Waals surface area contributed by atoms with Gasteiger partial charge in [-0.3, -0.25) is 0 Å². The molecule has 0 saturated carbocycles. The lowest BCUT2D eigenvalue weighted by Crippen LogP contribution is -2.20. The summed E-state index contributed by atoms with van der Waals surface area (Å²) in [5.41, 5.74) is 0. The van der Waals surface area contributed by atoms with E-state index in [9.17, 15) is 9.36 Å². The molecule has 2 N–H and O–H groups in total. The summed E-state index contributed by atoms with van der Waals surface area (Å²) in [6, 6.07) is 0. The molecule has 0 amide bonds. The largest absolute Gasteiger partial charge is 0.613 e. The molecule has 0 aromatic carbocycles. The highest BCUT2D eigenvalue weighted by atomic mass is 32.1. The summed E-state index contributed by atoms with van der Waals surface area (Å²) < 4.78 is 21.5. The van der Waals surface area contributed by atoms with Gasteiger partial charge in [-0.2, -0.15) is 18.1 Å². The van der Waals surface area contributed by atoms with Gasteiger partial charge in [0.1, 0.15) is 0 Å². The molecule has 0 bridgehead atoms. The normalized spacial score (nSPS) is 20.3. The number of phosphoric acid groups is 1. The quantitative estimate of drug-likeness (QED) is 0.452.